The van der Waals surface area contributed by atoms with Crippen LogP contribution in [0.5, 0.6) is 0 Å². The van der Waals surface area contributed by atoms with E-state index in [4.69, 9.17) is 10.8 Å². The summed E-state index contributed by atoms with van der Waals surface area (Å²) in [6.45, 7) is 0. The summed E-state index contributed by atoms with van der Waals surface area (Å²) in [7, 11) is 0. The SMILES string of the molecule is Nc1ccc(C(=O)NN=Cc2ccc(C(=O)O)cc2)cc1. The van der Waals surface area contributed by atoms with Gasteiger partial charge in [-0.25, -0.2) is 10.2 Å². The summed E-state index contributed by atoms with van der Waals surface area (Å²) >= 11 is 0. The van der Waals surface area contributed by atoms with Crippen molar-refractivity contribution in [3.63, 3.8) is 0 Å². The Morgan fingerprint density at radius 3 is 2.14 bits per heavy atom. The second kappa shape index (κ2) is 6.33. The van der Waals surface area contributed by atoms with Crippen LogP contribution in [0.3, 0.4) is 0 Å². The van der Waals surface area contributed by atoms with E-state index in [0.717, 1.165) is 0 Å². The van der Waals surface area contributed by atoms with Crippen molar-refractivity contribution in [1.29, 1.82) is 0 Å². The maximum atomic E-state index is 11.7. The summed E-state index contributed by atoms with van der Waals surface area (Å²) in [6.07, 6.45) is 1.43. The number of anilines is 1. The zero-order valence-corrected chi connectivity index (χ0v) is 11.0. The minimum atomic E-state index is -0.991. The number of nitrogen functional groups attached to an aromatic ring is 1. The van der Waals surface area contributed by atoms with Crippen LogP contribution >= 0.6 is 0 Å². The van der Waals surface area contributed by atoms with Gasteiger partial charge in [-0.3, -0.25) is 4.79 Å². The van der Waals surface area contributed by atoms with E-state index in [-0.39, 0.29) is 11.5 Å². The van der Waals surface area contributed by atoms with Crippen molar-refractivity contribution in [3.05, 3.63) is 65.2 Å². The van der Waals surface area contributed by atoms with Gasteiger partial charge in [-0.1, -0.05) is 12.1 Å². The van der Waals surface area contributed by atoms with Crippen LogP contribution in [-0.4, -0.2) is 23.2 Å². The molecule has 0 atom stereocenters. The number of carboxylic acids is 1. The zero-order valence-electron chi connectivity index (χ0n) is 11.0. The Balaban J connectivity index is 1.97. The monoisotopic (exact) mass is 283 g/mol. The molecule has 2 aromatic rings. The molecule has 1 amide bonds. The van der Waals surface area contributed by atoms with Crippen LogP contribution in [0.15, 0.2) is 53.6 Å². The molecule has 0 heterocycles. The number of nitrogens with one attached hydrogen (secondary N) is 1. The van der Waals surface area contributed by atoms with E-state index in [1.165, 1.54) is 18.3 Å². The van der Waals surface area contributed by atoms with Gasteiger partial charge < -0.3 is 10.8 Å². The molecule has 21 heavy (non-hydrogen) atoms. The number of nitrogens with two attached hydrogens (primary N) is 1. The number of aromatic carboxylic acids is 1. The molecule has 0 unspecified atom stereocenters. The second-order valence-corrected chi connectivity index (χ2v) is 4.25. The molecule has 0 spiro atoms. The van der Waals surface area contributed by atoms with E-state index in [0.29, 0.717) is 16.8 Å². The first-order valence-corrected chi connectivity index (χ1v) is 6.08. The number of hydrogen-bond acceptors (Lipinski definition) is 4. The lowest BCUT2D eigenvalue weighted by Gasteiger charge is -2.00. The van der Waals surface area contributed by atoms with Gasteiger partial charge in [0.05, 0.1) is 11.8 Å². The summed E-state index contributed by atoms with van der Waals surface area (Å²) in [5, 5.41) is 12.6. The molecular formula is C15H13N3O3. The normalized spacial score (nSPS) is 10.5. The molecule has 0 aliphatic carbocycles. The predicted molar refractivity (Wildman–Crippen MR) is 79.3 cm³/mol. The number of carbonyl (C=O) groups excluding carboxylic acids is 1. The van der Waals surface area contributed by atoms with Gasteiger partial charge in [-0.15, -0.1) is 0 Å². The maximum Gasteiger partial charge on any atom is 0.335 e. The van der Waals surface area contributed by atoms with Crippen molar-refractivity contribution in [1.82, 2.24) is 5.43 Å². The zero-order chi connectivity index (χ0) is 15.2. The second-order valence-electron chi connectivity index (χ2n) is 4.25. The molecule has 6 nitrogen and oxygen atoms in total. The number of carbonyl (C=O) groups is 2. The lowest BCUT2D eigenvalue weighted by Crippen LogP contribution is -2.17. The smallest absolute Gasteiger partial charge is 0.335 e. The number of benzene rings is 2. The number of carboxylic acid groups (broad SMARTS) is 1. The van der Waals surface area contributed by atoms with E-state index in [2.05, 4.69) is 10.5 Å². The van der Waals surface area contributed by atoms with Crippen molar-refractivity contribution in [2.24, 2.45) is 5.10 Å². The summed E-state index contributed by atoms with van der Waals surface area (Å²) in [4.78, 5) is 22.4. The van der Waals surface area contributed by atoms with Crippen LogP contribution in [0, 0.1) is 0 Å². The van der Waals surface area contributed by atoms with Gasteiger partial charge in [-0.05, 0) is 42.0 Å². The molecule has 2 aromatic carbocycles. The van der Waals surface area contributed by atoms with Crippen LogP contribution < -0.4 is 11.2 Å². The summed E-state index contributed by atoms with van der Waals surface area (Å²) < 4.78 is 0. The maximum absolute atomic E-state index is 11.7. The molecule has 4 N–H and O–H groups in total. The quantitative estimate of drug-likeness (QED) is 0.451. The third kappa shape index (κ3) is 3.90. The fourth-order valence-corrected chi connectivity index (χ4v) is 1.58. The van der Waals surface area contributed by atoms with Crippen LogP contribution in [-0.2, 0) is 0 Å². The molecule has 0 saturated carbocycles. The topological polar surface area (TPSA) is 105 Å². The van der Waals surface area contributed by atoms with E-state index in [1.807, 2.05) is 0 Å². The largest absolute Gasteiger partial charge is 0.478 e. The highest BCUT2D eigenvalue weighted by Gasteiger charge is 2.03. The molecule has 0 saturated heterocycles. The Hall–Kier alpha value is -3.15. The van der Waals surface area contributed by atoms with E-state index < -0.39 is 5.97 Å². The lowest BCUT2D eigenvalue weighted by molar-refractivity contribution is 0.0696. The number of nitrogens with zero attached hydrogens (tertiary/aromatic N) is 1. The third-order valence-corrected chi connectivity index (χ3v) is 2.71. The summed E-state index contributed by atoms with van der Waals surface area (Å²) in [5.74, 6) is -1.34. The number of hydrazone groups is 1. The number of amides is 1. The van der Waals surface area contributed by atoms with Crippen molar-refractivity contribution >= 4 is 23.8 Å². The Morgan fingerprint density at radius 2 is 1.57 bits per heavy atom. The standard InChI is InChI=1S/C15H13N3O3/c16-13-7-5-11(6-8-13)14(19)18-17-9-10-1-3-12(4-2-10)15(20)21/h1-9H,16H2,(H,18,19)(H,20,21). The summed E-state index contributed by atoms with van der Waals surface area (Å²) in [6, 6.07) is 12.6. The summed E-state index contributed by atoms with van der Waals surface area (Å²) in [5.41, 5.74) is 9.81. The van der Waals surface area contributed by atoms with Gasteiger partial charge in [0.15, 0.2) is 0 Å². The van der Waals surface area contributed by atoms with Crippen LogP contribution in [0.25, 0.3) is 0 Å². The molecule has 0 aliphatic rings. The number of rotatable bonds is 4. The predicted octanol–water partition coefficient (Wildman–Crippen LogP) is 1.73. The minimum Gasteiger partial charge on any atom is -0.478 e. The van der Waals surface area contributed by atoms with Gasteiger partial charge in [-0.2, -0.15) is 5.10 Å². The highest BCUT2D eigenvalue weighted by molar-refractivity contribution is 5.95. The fraction of sp³-hybridized carbons (Fsp3) is 0. The van der Waals surface area contributed by atoms with Gasteiger partial charge in [0.1, 0.15) is 0 Å². The molecule has 0 aromatic heterocycles. The Bertz CT molecular complexity index is 676. The van der Waals surface area contributed by atoms with Gasteiger partial charge in [0, 0.05) is 11.3 Å². The van der Waals surface area contributed by atoms with Crippen LogP contribution in [0.4, 0.5) is 5.69 Å². The Kier molecular flexibility index (Phi) is 4.30. The third-order valence-electron chi connectivity index (χ3n) is 2.71. The Labute approximate surface area is 120 Å². The molecule has 2 rings (SSSR count). The van der Waals surface area contributed by atoms with E-state index in [1.54, 1.807) is 36.4 Å². The highest BCUT2D eigenvalue weighted by atomic mass is 16.4. The first-order valence-electron chi connectivity index (χ1n) is 6.08. The minimum absolute atomic E-state index is 0.193. The Morgan fingerprint density at radius 1 is 1.00 bits per heavy atom. The van der Waals surface area contributed by atoms with Crippen LogP contribution in [0.2, 0.25) is 0 Å². The average Bonchev–Trinajstić information content (AvgIpc) is 2.48. The van der Waals surface area contributed by atoms with Crippen LogP contribution in [0.1, 0.15) is 26.3 Å². The first-order chi connectivity index (χ1) is 10.1. The van der Waals surface area contributed by atoms with Crippen molar-refractivity contribution in [2.75, 3.05) is 5.73 Å². The van der Waals surface area contributed by atoms with E-state index >= 15 is 0 Å². The van der Waals surface area contributed by atoms with Gasteiger partial charge in [0.2, 0.25) is 0 Å². The van der Waals surface area contributed by atoms with Gasteiger partial charge >= 0.3 is 5.97 Å². The molecular weight excluding hydrogens is 270 g/mol. The molecule has 0 aliphatic heterocycles. The van der Waals surface area contributed by atoms with Crippen molar-refractivity contribution in [3.8, 4) is 0 Å². The highest BCUT2D eigenvalue weighted by Crippen LogP contribution is 2.05. The lowest BCUT2D eigenvalue weighted by atomic mass is 10.1. The molecule has 106 valence electrons. The molecule has 0 fully saturated rings. The molecule has 0 radical (unpaired) electrons. The molecule has 6 heteroatoms. The molecule has 0 bridgehead atoms. The van der Waals surface area contributed by atoms with E-state index in [9.17, 15) is 9.59 Å². The van der Waals surface area contributed by atoms with Crippen molar-refractivity contribution in [2.45, 2.75) is 0 Å². The average molecular weight is 283 g/mol. The van der Waals surface area contributed by atoms with Crippen molar-refractivity contribution < 1.29 is 14.7 Å². The first kappa shape index (κ1) is 14.3. The number of hydrogen-bond donors (Lipinski definition) is 3. The fourth-order valence-electron chi connectivity index (χ4n) is 1.58. The van der Waals surface area contributed by atoms with Gasteiger partial charge in [0.25, 0.3) is 5.91 Å².